The third-order valence-corrected chi connectivity index (χ3v) is 6.73. The minimum Gasteiger partial charge on any atom is -0.322 e. The van der Waals surface area contributed by atoms with Gasteiger partial charge in [0.25, 0.3) is 5.91 Å². The molecule has 1 N–H and O–H groups in total. The Morgan fingerprint density at radius 3 is 2.41 bits per heavy atom. The zero-order chi connectivity index (χ0) is 19.6. The lowest BCUT2D eigenvalue weighted by Crippen LogP contribution is -2.23. The molecule has 2 aromatic carbocycles. The van der Waals surface area contributed by atoms with Gasteiger partial charge in [-0.15, -0.1) is 0 Å². The molecule has 3 rings (SSSR count). The SMILES string of the molecule is CC(C)S(=O)(=O)c1ccc(C(=O)Nc2cccc(N3CCCC3=O)c2)cc1. The van der Waals surface area contributed by atoms with Gasteiger partial charge in [-0.05, 0) is 62.7 Å². The Bertz CT molecular complexity index is 966. The molecule has 0 aliphatic carbocycles. The van der Waals surface area contributed by atoms with Crippen molar-refractivity contribution in [1.82, 2.24) is 0 Å². The van der Waals surface area contributed by atoms with Crippen LogP contribution in [0.1, 0.15) is 37.0 Å². The summed E-state index contributed by atoms with van der Waals surface area (Å²) in [5.41, 5.74) is 1.70. The highest BCUT2D eigenvalue weighted by Crippen LogP contribution is 2.24. The van der Waals surface area contributed by atoms with Gasteiger partial charge in [0.2, 0.25) is 5.91 Å². The van der Waals surface area contributed by atoms with E-state index in [2.05, 4.69) is 5.32 Å². The lowest BCUT2D eigenvalue weighted by Gasteiger charge is -2.16. The minimum absolute atomic E-state index is 0.0837. The molecule has 0 radical (unpaired) electrons. The summed E-state index contributed by atoms with van der Waals surface area (Å²) < 4.78 is 24.3. The molecule has 1 saturated heterocycles. The fourth-order valence-electron chi connectivity index (χ4n) is 2.94. The average Bonchev–Trinajstić information content (AvgIpc) is 3.08. The Labute approximate surface area is 159 Å². The average molecular weight is 386 g/mol. The highest BCUT2D eigenvalue weighted by atomic mass is 32.2. The van der Waals surface area contributed by atoms with Crippen molar-refractivity contribution in [1.29, 1.82) is 0 Å². The third-order valence-electron chi connectivity index (χ3n) is 4.55. The van der Waals surface area contributed by atoms with E-state index in [0.717, 1.165) is 12.1 Å². The zero-order valence-electron chi connectivity index (χ0n) is 15.3. The van der Waals surface area contributed by atoms with Crippen LogP contribution in [-0.2, 0) is 14.6 Å². The molecule has 6 nitrogen and oxygen atoms in total. The van der Waals surface area contributed by atoms with E-state index in [1.807, 2.05) is 6.07 Å². The molecule has 1 aliphatic heterocycles. The molecule has 0 bridgehead atoms. The summed E-state index contributed by atoms with van der Waals surface area (Å²) in [6.45, 7) is 3.92. The first kappa shape index (κ1) is 19.1. The van der Waals surface area contributed by atoms with Gasteiger partial charge in [-0.1, -0.05) is 6.07 Å². The second kappa shape index (κ2) is 7.52. The molecule has 0 saturated carbocycles. The summed E-state index contributed by atoms with van der Waals surface area (Å²) in [6, 6.07) is 13.0. The van der Waals surface area contributed by atoms with Gasteiger partial charge in [0.15, 0.2) is 9.84 Å². The molecule has 1 aliphatic rings. The van der Waals surface area contributed by atoms with Crippen LogP contribution in [0.25, 0.3) is 0 Å². The van der Waals surface area contributed by atoms with E-state index in [0.29, 0.717) is 24.2 Å². The number of nitrogens with one attached hydrogen (secondary N) is 1. The molecule has 0 unspecified atom stereocenters. The van der Waals surface area contributed by atoms with E-state index in [1.54, 1.807) is 36.9 Å². The summed E-state index contributed by atoms with van der Waals surface area (Å²) >= 11 is 0. The van der Waals surface area contributed by atoms with Crippen molar-refractivity contribution in [3.63, 3.8) is 0 Å². The summed E-state index contributed by atoms with van der Waals surface area (Å²) in [6.07, 6.45) is 1.38. The van der Waals surface area contributed by atoms with Gasteiger partial charge in [0.05, 0.1) is 10.1 Å². The van der Waals surface area contributed by atoms with Crippen LogP contribution in [0, 0.1) is 0 Å². The van der Waals surface area contributed by atoms with Crippen LogP contribution in [0.15, 0.2) is 53.4 Å². The monoisotopic (exact) mass is 386 g/mol. The molecule has 2 aromatic rings. The van der Waals surface area contributed by atoms with E-state index in [1.165, 1.54) is 24.3 Å². The highest BCUT2D eigenvalue weighted by Gasteiger charge is 2.22. The van der Waals surface area contributed by atoms with Crippen LogP contribution in [0.5, 0.6) is 0 Å². The number of sulfone groups is 1. The first-order chi connectivity index (χ1) is 12.8. The van der Waals surface area contributed by atoms with Gasteiger partial charge in [0.1, 0.15) is 0 Å². The van der Waals surface area contributed by atoms with Gasteiger partial charge >= 0.3 is 0 Å². The lowest BCUT2D eigenvalue weighted by atomic mass is 10.2. The predicted molar refractivity (Wildman–Crippen MR) is 105 cm³/mol. The third kappa shape index (κ3) is 4.03. The first-order valence-electron chi connectivity index (χ1n) is 8.85. The number of carbonyl (C=O) groups excluding carboxylic acids is 2. The van der Waals surface area contributed by atoms with Crippen LogP contribution < -0.4 is 10.2 Å². The van der Waals surface area contributed by atoms with Crippen molar-refractivity contribution in [3.8, 4) is 0 Å². The molecular weight excluding hydrogens is 364 g/mol. The number of carbonyl (C=O) groups is 2. The van der Waals surface area contributed by atoms with Crippen LogP contribution in [0.2, 0.25) is 0 Å². The molecule has 0 spiro atoms. The molecule has 2 amide bonds. The number of benzene rings is 2. The quantitative estimate of drug-likeness (QED) is 0.855. The van der Waals surface area contributed by atoms with E-state index in [4.69, 9.17) is 0 Å². The van der Waals surface area contributed by atoms with Gasteiger partial charge in [-0.2, -0.15) is 0 Å². The van der Waals surface area contributed by atoms with E-state index < -0.39 is 15.1 Å². The standard InChI is InChI=1S/C20H22N2O4S/c1-14(2)27(25,26)18-10-8-15(9-11-18)20(24)21-16-5-3-6-17(13-16)22-12-4-7-19(22)23/h3,5-6,8-11,13-14H,4,7,12H2,1-2H3,(H,21,24). The van der Waals surface area contributed by atoms with Crippen molar-refractivity contribution in [2.24, 2.45) is 0 Å². The number of nitrogens with zero attached hydrogens (tertiary/aromatic N) is 1. The fourth-order valence-corrected chi connectivity index (χ4v) is 4.00. The van der Waals surface area contributed by atoms with Crippen molar-refractivity contribution >= 4 is 33.0 Å². The van der Waals surface area contributed by atoms with Crippen molar-refractivity contribution < 1.29 is 18.0 Å². The number of rotatable bonds is 5. The van der Waals surface area contributed by atoms with Crippen molar-refractivity contribution in [3.05, 3.63) is 54.1 Å². The van der Waals surface area contributed by atoms with Crippen LogP contribution >= 0.6 is 0 Å². The summed E-state index contributed by atoms with van der Waals surface area (Å²) in [5.74, 6) is -0.256. The Morgan fingerprint density at radius 1 is 1.11 bits per heavy atom. The zero-order valence-corrected chi connectivity index (χ0v) is 16.1. The second-order valence-electron chi connectivity index (χ2n) is 6.77. The topological polar surface area (TPSA) is 83.6 Å². The Kier molecular flexibility index (Phi) is 5.32. The van der Waals surface area contributed by atoms with Gasteiger partial charge in [0, 0.05) is 29.9 Å². The molecule has 142 valence electrons. The summed E-state index contributed by atoms with van der Waals surface area (Å²) in [5, 5.41) is 2.27. The maximum absolute atomic E-state index is 12.5. The second-order valence-corrected chi connectivity index (χ2v) is 9.28. The number of hydrogen-bond acceptors (Lipinski definition) is 4. The molecule has 27 heavy (non-hydrogen) atoms. The first-order valence-corrected chi connectivity index (χ1v) is 10.4. The largest absolute Gasteiger partial charge is 0.322 e. The van der Waals surface area contributed by atoms with E-state index in [-0.39, 0.29) is 16.7 Å². The van der Waals surface area contributed by atoms with E-state index >= 15 is 0 Å². The fraction of sp³-hybridized carbons (Fsp3) is 0.300. The molecule has 1 fully saturated rings. The van der Waals surface area contributed by atoms with Crippen LogP contribution in [-0.4, -0.2) is 32.0 Å². The van der Waals surface area contributed by atoms with Gasteiger partial charge < -0.3 is 10.2 Å². The number of anilines is 2. The maximum atomic E-state index is 12.5. The molecule has 0 aromatic heterocycles. The normalized spacial score (nSPS) is 14.6. The van der Waals surface area contributed by atoms with Crippen LogP contribution in [0.4, 0.5) is 11.4 Å². The van der Waals surface area contributed by atoms with Gasteiger partial charge in [-0.3, -0.25) is 9.59 Å². The maximum Gasteiger partial charge on any atom is 0.255 e. The van der Waals surface area contributed by atoms with E-state index in [9.17, 15) is 18.0 Å². The Morgan fingerprint density at radius 2 is 1.81 bits per heavy atom. The van der Waals surface area contributed by atoms with Gasteiger partial charge in [-0.25, -0.2) is 8.42 Å². The molecule has 0 atom stereocenters. The Hall–Kier alpha value is -2.67. The Balaban J connectivity index is 1.75. The highest BCUT2D eigenvalue weighted by molar-refractivity contribution is 7.92. The molecule has 7 heteroatoms. The number of hydrogen-bond donors (Lipinski definition) is 1. The summed E-state index contributed by atoms with van der Waals surface area (Å²) in [4.78, 5) is 26.3. The lowest BCUT2D eigenvalue weighted by molar-refractivity contribution is -0.117. The van der Waals surface area contributed by atoms with Crippen molar-refractivity contribution in [2.45, 2.75) is 36.8 Å². The predicted octanol–water partition coefficient (Wildman–Crippen LogP) is 3.25. The summed E-state index contributed by atoms with van der Waals surface area (Å²) in [7, 11) is -3.37. The smallest absolute Gasteiger partial charge is 0.255 e. The minimum atomic E-state index is -3.37. The molecular formula is C20H22N2O4S. The van der Waals surface area contributed by atoms with Crippen molar-refractivity contribution in [2.75, 3.05) is 16.8 Å². The molecule has 1 heterocycles. The number of amides is 2. The van der Waals surface area contributed by atoms with Crippen LogP contribution in [0.3, 0.4) is 0 Å².